The van der Waals surface area contributed by atoms with Crippen molar-refractivity contribution in [1.82, 2.24) is 0 Å². The molecule has 16 heavy (non-hydrogen) atoms. The van der Waals surface area contributed by atoms with Crippen LogP contribution in [-0.2, 0) is 11.2 Å². The van der Waals surface area contributed by atoms with Crippen LogP contribution in [0.15, 0.2) is 30.3 Å². The number of aryl methyl sites for hydroxylation is 1. The number of rotatable bonds is 7. The van der Waals surface area contributed by atoms with E-state index in [1.54, 1.807) is 7.11 Å². The van der Waals surface area contributed by atoms with Crippen LogP contribution < -0.4 is 5.73 Å². The molecule has 0 saturated carbocycles. The van der Waals surface area contributed by atoms with Crippen LogP contribution in [0.5, 0.6) is 0 Å². The third-order valence-corrected chi connectivity index (χ3v) is 3.12. The molecule has 0 spiro atoms. The molecule has 1 aromatic rings. The number of ether oxygens (including phenoxy) is 1. The van der Waals surface area contributed by atoms with Crippen LogP contribution in [0.4, 0.5) is 0 Å². The van der Waals surface area contributed by atoms with Crippen molar-refractivity contribution in [2.24, 2.45) is 11.7 Å². The van der Waals surface area contributed by atoms with Gasteiger partial charge in [0.05, 0.1) is 0 Å². The van der Waals surface area contributed by atoms with E-state index >= 15 is 0 Å². The Labute approximate surface area is 98.8 Å². The summed E-state index contributed by atoms with van der Waals surface area (Å²) in [6.45, 7) is 3.01. The lowest BCUT2D eigenvalue weighted by Crippen LogP contribution is -2.29. The summed E-state index contributed by atoms with van der Waals surface area (Å²) in [5, 5.41) is 0. The molecule has 90 valence electrons. The number of nitrogens with two attached hydrogens (primary N) is 1. The summed E-state index contributed by atoms with van der Waals surface area (Å²) in [7, 11) is 1.74. The van der Waals surface area contributed by atoms with Crippen molar-refractivity contribution in [1.29, 1.82) is 0 Å². The lowest BCUT2D eigenvalue weighted by atomic mass is 9.94. The van der Waals surface area contributed by atoms with E-state index in [9.17, 15) is 0 Å². The van der Waals surface area contributed by atoms with Gasteiger partial charge in [-0.25, -0.2) is 0 Å². The predicted molar refractivity (Wildman–Crippen MR) is 68.4 cm³/mol. The number of methoxy groups -OCH3 is 1. The fourth-order valence-corrected chi connectivity index (χ4v) is 1.78. The Morgan fingerprint density at radius 3 is 2.50 bits per heavy atom. The average Bonchev–Trinajstić information content (AvgIpc) is 2.34. The summed E-state index contributed by atoms with van der Waals surface area (Å²) in [5.74, 6) is 0.531. The van der Waals surface area contributed by atoms with Gasteiger partial charge >= 0.3 is 0 Å². The fourth-order valence-electron chi connectivity index (χ4n) is 1.78. The van der Waals surface area contributed by atoms with Gasteiger partial charge in [0.2, 0.25) is 0 Å². The van der Waals surface area contributed by atoms with Gasteiger partial charge in [-0.3, -0.25) is 0 Å². The molecular weight excluding hydrogens is 198 g/mol. The summed E-state index contributed by atoms with van der Waals surface area (Å²) in [4.78, 5) is 0. The minimum atomic E-state index is 0.273. The molecule has 2 nitrogen and oxygen atoms in total. The molecule has 2 unspecified atom stereocenters. The molecule has 2 N–H and O–H groups in total. The topological polar surface area (TPSA) is 35.2 Å². The van der Waals surface area contributed by atoms with Crippen molar-refractivity contribution in [3.8, 4) is 0 Å². The number of benzene rings is 1. The molecule has 0 aliphatic rings. The second-order valence-electron chi connectivity index (χ2n) is 4.45. The molecular formula is C14H23NO. The summed E-state index contributed by atoms with van der Waals surface area (Å²) in [6.07, 6.45) is 3.17. The molecule has 0 bridgehead atoms. The highest BCUT2D eigenvalue weighted by molar-refractivity contribution is 5.14. The van der Waals surface area contributed by atoms with Gasteiger partial charge in [-0.05, 0) is 30.7 Å². The molecule has 1 rings (SSSR count). The Kier molecular flexibility index (Phi) is 6.12. The number of hydrogen-bond donors (Lipinski definition) is 1. The molecule has 0 fully saturated rings. The Bertz CT molecular complexity index is 273. The lowest BCUT2D eigenvalue weighted by Gasteiger charge is -2.19. The van der Waals surface area contributed by atoms with Crippen LogP contribution in [0.25, 0.3) is 0 Å². The molecule has 0 aromatic heterocycles. The smallest absolute Gasteiger partial charge is 0.0465 e. The summed E-state index contributed by atoms with van der Waals surface area (Å²) >= 11 is 0. The van der Waals surface area contributed by atoms with E-state index in [0.29, 0.717) is 5.92 Å². The molecule has 0 aliphatic heterocycles. The van der Waals surface area contributed by atoms with E-state index in [2.05, 4.69) is 31.2 Å². The number of hydrogen-bond acceptors (Lipinski definition) is 2. The average molecular weight is 221 g/mol. The van der Waals surface area contributed by atoms with Crippen LogP contribution in [0.2, 0.25) is 0 Å². The molecule has 0 amide bonds. The highest BCUT2D eigenvalue weighted by atomic mass is 16.5. The minimum Gasteiger partial charge on any atom is -0.385 e. The van der Waals surface area contributed by atoms with Crippen LogP contribution in [-0.4, -0.2) is 19.8 Å². The maximum absolute atomic E-state index is 6.15. The molecule has 2 heteroatoms. The summed E-state index contributed by atoms with van der Waals surface area (Å²) < 4.78 is 5.07. The Hall–Kier alpha value is -0.860. The first-order valence-corrected chi connectivity index (χ1v) is 6.02. The van der Waals surface area contributed by atoms with Gasteiger partial charge in [-0.1, -0.05) is 37.3 Å². The molecule has 0 saturated heterocycles. The first-order valence-electron chi connectivity index (χ1n) is 6.02. The Balaban J connectivity index is 2.26. The minimum absolute atomic E-state index is 0.273. The van der Waals surface area contributed by atoms with Crippen molar-refractivity contribution in [3.05, 3.63) is 35.9 Å². The van der Waals surface area contributed by atoms with E-state index in [1.165, 1.54) is 5.56 Å². The van der Waals surface area contributed by atoms with E-state index in [0.717, 1.165) is 25.9 Å². The Morgan fingerprint density at radius 2 is 1.88 bits per heavy atom. The largest absolute Gasteiger partial charge is 0.385 e. The first-order chi connectivity index (χ1) is 7.74. The van der Waals surface area contributed by atoms with Crippen molar-refractivity contribution >= 4 is 0 Å². The van der Waals surface area contributed by atoms with Gasteiger partial charge in [0.15, 0.2) is 0 Å². The fraction of sp³-hybridized carbons (Fsp3) is 0.571. The maximum atomic E-state index is 6.15. The molecule has 2 atom stereocenters. The first kappa shape index (κ1) is 13.2. The van der Waals surface area contributed by atoms with E-state index in [1.807, 2.05) is 6.07 Å². The SMILES string of the molecule is COCCC(C)C(N)CCc1ccccc1. The standard InChI is InChI=1S/C14H23NO/c1-12(10-11-16-2)14(15)9-8-13-6-4-3-5-7-13/h3-7,12,14H,8-11,15H2,1-2H3. The quantitative estimate of drug-likeness (QED) is 0.768. The highest BCUT2D eigenvalue weighted by Gasteiger charge is 2.12. The van der Waals surface area contributed by atoms with Crippen molar-refractivity contribution in [2.75, 3.05) is 13.7 Å². The molecule has 0 heterocycles. The van der Waals surface area contributed by atoms with Gasteiger partial charge in [0, 0.05) is 19.8 Å². The van der Waals surface area contributed by atoms with E-state index in [-0.39, 0.29) is 6.04 Å². The molecule has 0 aliphatic carbocycles. The van der Waals surface area contributed by atoms with Crippen molar-refractivity contribution in [2.45, 2.75) is 32.2 Å². The van der Waals surface area contributed by atoms with Crippen molar-refractivity contribution < 1.29 is 4.74 Å². The maximum Gasteiger partial charge on any atom is 0.0465 e. The zero-order valence-corrected chi connectivity index (χ0v) is 10.4. The van der Waals surface area contributed by atoms with Gasteiger partial charge in [0.25, 0.3) is 0 Å². The summed E-state index contributed by atoms with van der Waals surface area (Å²) in [6, 6.07) is 10.8. The third-order valence-electron chi connectivity index (χ3n) is 3.12. The monoisotopic (exact) mass is 221 g/mol. The zero-order valence-electron chi connectivity index (χ0n) is 10.4. The van der Waals surface area contributed by atoms with Crippen LogP contribution in [0.3, 0.4) is 0 Å². The van der Waals surface area contributed by atoms with Gasteiger partial charge in [-0.2, -0.15) is 0 Å². The van der Waals surface area contributed by atoms with Crippen LogP contribution >= 0.6 is 0 Å². The van der Waals surface area contributed by atoms with E-state index < -0.39 is 0 Å². The second-order valence-corrected chi connectivity index (χ2v) is 4.45. The Morgan fingerprint density at radius 1 is 1.19 bits per heavy atom. The molecule has 1 aromatic carbocycles. The van der Waals surface area contributed by atoms with Crippen LogP contribution in [0.1, 0.15) is 25.3 Å². The molecule has 0 radical (unpaired) electrons. The van der Waals surface area contributed by atoms with Gasteiger partial charge < -0.3 is 10.5 Å². The van der Waals surface area contributed by atoms with Gasteiger partial charge in [-0.15, -0.1) is 0 Å². The van der Waals surface area contributed by atoms with Crippen molar-refractivity contribution in [3.63, 3.8) is 0 Å². The summed E-state index contributed by atoms with van der Waals surface area (Å²) in [5.41, 5.74) is 7.52. The normalized spacial score (nSPS) is 14.7. The lowest BCUT2D eigenvalue weighted by molar-refractivity contribution is 0.173. The van der Waals surface area contributed by atoms with Crippen LogP contribution in [0, 0.1) is 5.92 Å². The third kappa shape index (κ3) is 4.77. The van der Waals surface area contributed by atoms with Gasteiger partial charge in [0.1, 0.15) is 0 Å². The highest BCUT2D eigenvalue weighted by Crippen LogP contribution is 2.12. The zero-order chi connectivity index (χ0) is 11.8. The predicted octanol–water partition coefficient (Wildman–Crippen LogP) is 2.62. The second kappa shape index (κ2) is 7.42. The van der Waals surface area contributed by atoms with E-state index in [4.69, 9.17) is 10.5 Å².